The summed E-state index contributed by atoms with van der Waals surface area (Å²) < 4.78 is 21.6. The molecule has 0 spiro atoms. The first-order chi connectivity index (χ1) is 10.0. The van der Waals surface area contributed by atoms with Gasteiger partial charge in [0.2, 0.25) is 5.67 Å². The molecule has 4 atom stereocenters. The smallest absolute Gasteiger partial charge is 0.243 e. The second-order valence-corrected chi connectivity index (χ2v) is 5.05. The number of terminal acetylenes is 1. The number of fused-ring (bicyclic) bond motifs is 1. The standard InChI is InChI=1S/C13H11ClFN3O3/c1-2-13(15)9(20)8(5-19)21-12(13)18-4-3-7-10(14)16-6-17-11(7)18/h1,3-4,6,8-9,12,19-20H,5H2/t8-,9-,12-,13-/m1/s1. The van der Waals surface area contributed by atoms with Crippen LogP contribution >= 0.6 is 11.6 Å². The molecule has 8 heteroatoms. The second-order valence-electron chi connectivity index (χ2n) is 4.69. The van der Waals surface area contributed by atoms with E-state index in [1.807, 2.05) is 5.92 Å². The number of halogens is 2. The third-order valence-electron chi connectivity index (χ3n) is 3.56. The molecule has 2 aromatic rings. The van der Waals surface area contributed by atoms with Crippen LogP contribution in [0.1, 0.15) is 6.23 Å². The minimum absolute atomic E-state index is 0.209. The van der Waals surface area contributed by atoms with Crippen LogP contribution in [-0.4, -0.2) is 49.2 Å². The fourth-order valence-electron chi connectivity index (χ4n) is 2.45. The molecule has 3 heterocycles. The van der Waals surface area contributed by atoms with Gasteiger partial charge < -0.3 is 19.5 Å². The molecule has 0 bridgehead atoms. The van der Waals surface area contributed by atoms with Gasteiger partial charge in [0.1, 0.15) is 29.3 Å². The predicted octanol–water partition coefficient (Wildman–Crippen LogP) is 0.677. The number of hydrogen-bond donors (Lipinski definition) is 2. The summed E-state index contributed by atoms with van der Waals surface area (Å²) in [4.78, 5) is 7.86. The summed E-state index contributed by atoms with van der Waals surface area (Å²) in [5.74, 6) is 1.92. The molecule has 0 unspecified atom stereocenters. The number of ether oxygens (including phenoxy) is 1. The zero-order chi connectivity index (χ0) is 15.2. The molecule has 0 aliphatic carbocycles. The Labute approximate surface area is 124 Å². The second kappa shape index (κ2) is 4.93. The normalized spacial score (nSPS) is 32.4. The van der Waals surface area contributed by atoms with Crippen LogP contribution < -0.4 is 0 Å². The summed E-state index contributed by atoms with van der Waals surface area (Å²) in [7, 11) is 0. The van der Waals surface area contributed by atoms with Gasteiger partial charge >= 0.3 is 0 Å². The number of aromatic nitrogens is 3. The van der Waals surface area contributed by atoms with Crippen molar-refractivity contribution in [1.82, 2.24) is 14.5 Å². The Kier molecular flexibility index (Phi) is 3.34. The highest BCUT2D eigenvalue weighted by atomic mass is 35.5. The molecule has 1 aliphatic rings. The molecule has 1 aliphatic heterocycles. The molecular weight excluding hydrogens is 301 g/mol. The molecule has 2 N–H and O–H groups in total. The van der Waals surface area contributed by atoms with Crippen LogP contribution in [0.5, 0.6) is 0 Å². The van der Waals surface area contributed by atoms with Gasteiger partial charge in [-0.3, -0.25) is 0 Å². The molecule has 3 rings (SSSR count). The van der Waals surface area contributed by atoms with Gasteiger partial charge in [0.05, 0.1) is 12.0 Å². The summed E-state index contributed by atoms with van der Waals surface area (Å²) >= 11 is 5.94. The van der Waals surface area contributed by atoms with Gasteiger partial charge in [-0.25, -0.2) is 14.4 Å². The van der Waals surface area contributed by atoms with Crippen molar-refractivity contribution in [2.75, 3.05) is 6.61 Å². The summed E-state index contributed by atoms with van der Waals surface area (Å²) in [5, 5.41) is 19.8. The zero-order valence-electron chi connectivity index (χ0n) is 10.6. The molecule has 0 radical (unpaired) electrons. The molecule has 2 aromatic heterocycles. The lowest BCUT2D eigenvalue weighted by molar-refractivity contribution is -0.0501. The van der Waals surface area contributed by atoms with Crippen LogP contribution in [0.4, 0.5) is 4.39 Å². The topological polar surface area (TPSA) is 80.4 Å². The number of aliphatic hydroxyl groups is 2. The van der Waals surface area contributed by atoms with E-state index >= 15 is 0 Å². The van der Waals surface area contributed by atoms with Crippen molar-refractivity contribution in [3.05, 3.63) is 23.7 Å². The van der Waals surface area contributed by atoms with Gasteiger partial charge in [0.15, 0.2) is 6.23 Å². The van der Waals surface area contributed by atoms with Crippen molar-refractivity contribution in [3.8, 4) is 12.3 Å². The van der Waals surface area contributed by atoms with E-state index in [2.05, 4.69) is 9.97 Å². The molecule has 1 saturated heterocycles. The highest BCUT2D eigenvalue weighted by Gasteiger charge is 2.57. The van der Waals surface area contributed by atoms with Gasteiger partial charge in [0, 0.05) is 6.20 Å². The van der Waals surface area contributed by atoms with E-state index in [-0.39, 0.29) is 5.15 Å². The van der Waals surface area contributed by atoms with Crippen LogP contribution in [0.2, 0.25) is 5.15 Å². The quantitative estimate of drug-likeness (QED) is 0.629. The van der Waals surface area contributed by atoms with Crippen molar-refractivity contribution in [2.24, 2.45) is 0 Å². The molecular formula is C13H11ClFN3O3. The third kappa shape index (κ3) is 1.92. The van der Waals surface area contributed by atoms with Crippen LogP contribution in [0.15, 0.2) is 18.6 Å². The summed E-state index contributed by atoms with van der Waals surface area (Å²) in [6, 6.07) is 1.59. The van der Waals surface area contributed by atoms with Crippen LogP contribution in [0.3, 0.4) is 0 Å². The number of aliphatic hydroxyl groups excluding tert-OH is 2. The minimum Gasteiger partial charge on any atom is -0.394 e. The van der Waals surface area contributed by atoms with Gasteiger partial charge in [-0.2, -0.15) is 0 Å². The number of hydrogen-bond acceptors (Lipinski definition) is 5. The van der Waals surface area contributed by atoms with Crippen molar-refractivity contribution in [3.63, 3.8) is 0 Å². The zero-order valence-corrected chi connectivity index (χ0v) is 11.4. The first-order valence-electron chi connectivity index (χ1n) is 6.11. The van der Waals surface area contributed by atoms with Crippen molar-refractivity contribution in [1.29, 1.82) is 0 Å². The highest BCUT2D eigenvalue weighted by Crippen LogP contribution is 2.42. The Morgan fingerprint density at radius 2 is 2.33 bits per heavy atom. The van der Waals surface area contributed by atoms with Gasteiger partial charge in [0.25, 0.3) is 0 Å². The van der Waals surface area contributed by atoms with E-state index in [0.717, 1.165) is 0 Å². The minimum atomic E-state index is -2.49. The fraction of sp³-hybridized carbons (Fsp3) is 0.385. The Morgan fingerprint density at radius 3 is 3.00 bits per heavy atom. The lowest BCUT2D eigenvalue weighted by atomic mass is 9.97. The number of nitrogens with zero attached hydrogens (tertiary/aromatic N) is 3. The lowest BCUT2D eigenvalue weighted by Crippen LogP contribution is -2.42. The third-order valence-corrected chi connectivity index (χ3v) is 3.86. The van der Waals surface area contributed by atoms with Crippen LogP contribution in [0, 0.1) is 12.3 Å². The van der Waals surface area contributed by atoms with Crippen molar-refractivity contribution in [2.45, 2.75) is 24.1 Å². The van der Waals surface area contributed by atoms with E-state index in [1.165, 1.54) is 17.1 Å². The van der Waals surface area contributed by atoms with E-state index < -0.39 is 30.7 Å². The first-order valence-corrected chi connectivity index (χ1v) is 6.48. The van der Waals surface area contributed by atoms with E-state index in [9.17, 15) is 9.50 Å². The maximum Gasteiger partial charge on any atom is 0.243 e. The molecule has 21 heavy (non-hydrogen) atoms. The summed E-state index contributed by atoms with van der Waals surface area (Å²) in [5.41, 5.74) is -2.17. The summed E-state index contributed by atoms with van der Waals surface area (Å²) in [6.45, 7) is -0.556. The van der Waals surface area contributed by atoms with Crippen LogP contribution in [0.25, 0.3) is 11.0 Å². The molecule has 0 saturated carbocycles. The van der Waals surface area contributed by atoms with Crippen molar-refractivity contribution >= 4 is 22.6 Å². The fourth-order valence-corrected chi connectivity index (χ4v) is 2.64. The number of rotatable bonds is 2. The molecule has 0 aromatic carbocycles. The van der Waals surface area contributed by atoms with E-state index in [4.69, 9.17) is 27.9 Å². The monoisotopic (exact) mass is 311 g/mol. The Bertz CT molecular complexity index is 731. The van der Waals surface area contributed by atoms with E-state index in [1.54, 1.807) is 6.07 Å². The van der Waals surface area contributed by atoms with Gasteiger partial charge in [-0.05, 0) is 6.07 Å². The Morgan fingerprint density at radius 1 is 1.57 bits per heavy atom. The van der Waals surface area contributed by atoms with Gasteiger partial charge in [-0.1, -0.05) is 17.5 Å². The lowest BCUT2D eigenvalue weighted by Gasteiger charge is -2.24. The predicted molar refractivity (Wildman–Crippen MR) is 72.2 cm³/mol. The van der Waals surface area contributed by atoms with Crippen LogP contribution in [-0.2, 0) is 4.74 Å². The first kappa shape index (κ1) is 14.2. The Balaban J connectivity index is 2.14. The van der Waals surface area contributed by atoms with Crippen molar-refractivity contribution < 1.29 is 19.3 Å². The highest BCUT2D eigenvalue weighted by molar-refractivity contribution is 6.33. The summed E-state index contributed by atoms with van der Waals surface area (Å²) in [6.07, 6.45) is 3.86. The Hall–Kier alpha value is -1.72. The average Bonchev–Trinajstić information content (AvgIpc) is 3.01. The maximum absolute atomic E-state index is 14.9. The molecule has 110 valence electrons. The maximum atomic E-state index is 14.9. The van der Waals surface area contributed by atoms with Gasteiger partial charge in [-0.15, -0.1) is 6.42 Å². The number of alkyl halides is 1. The molecule has 1 fully saturated rings. The van der Waals surface area contributed by atoms with E-state index in [0.29, 0.717) is 11.0 Å². The average molecular weight is 312 g/mol. The largest absolute Gasteiger partial charge is 0.394 e. The molecule has 6 nitrogen and oxygen atoms in total. The SMILES string of the molecule is C#C[C@@]1(F)[C@H](O)[C@@H](CO)O[C@H]1n1ccc2c(Cl)ncnc21. The molecule has 0 amide bonds.